The molecule has 0 aliphatic rings. The van der Waals surface area contributed by atoms with Crippen LogP contribution in [0, 0.1) is 0 Å². The van der Waals surface area contributed by atoms with E-state index < -0.39 is 24.6 Å². The van der Waals surface area contributed by atoms with Crippen LogP contribution in [0.25, 0.3) is 0 Å². The molecule has 0 aromatic carbocycles. The molecule has 10 heteroatoms. The van der Waals surface area contributed by atoms with Gasteiger partial charge in [-0.15, -0.1) is 0 Å². The second-order valence-electron chi connectivity index (χ2n) is 3.37. The summed E-state index contributed by atoms with van der Waals surface area (Å²) >= 11 is 5.53. The van der Waals surface area contributed by atoms with Crippen LogP contribution in [0.15, 0.2) is 6.07 Å². The first-order valence-corrected chi connectivity index (χ1v) is 5.13. The van der Waals surface area contributed by atoms with Crippen molar-refractivity contribution >= 4 is 11.6 Å². The van der Waals surface area contributed by atoms with Crippen LogP contribution in [-0.4, -0.2) is 35.8 Å². The van der Waals surface area contributed by atoms with Crippen LogP contribution in [-0.2, 0) is 11.3 Å². The Balaban J connectivity index is 2.78. The van der Waals surface area contributed by atoms with Crippen LogP contribution in [0.1, 0.15) is 5.82 Å². The quantitative estimate of drug-likeness (QED) is 0.620. The Bertz CT molecular complexity index is 441. The summed E-state index contributed by atoms with van der Waals surface area (Å²) in [6.45, 7) is -1.98. The fourth-order valence-corrected chi connectivity index (χ4v) is 1.15. The average Bonchev–Trinajstić information content (AvgIpc) is 2.25. The molecule has 1 aromatic rings. The Labute approximate surface area is 109 Å². The molecule has 19 heavy (non-hydrogen) atoms. The number of nitrogens with zero attached hydrogens (tertiary/aromatic N) is 2. The van der Waals surface area contributed by atoms with E-state index in [1.54, 1.807) is 0 Å². The second-order valence-corrected chi connectivity index (χ2v) is 3.76. The monoisotopic (exact) mass is 306 g/mol. The van der Waals surface area contributed by atoms with Gasteiger partial charge in [-0.3, -0.25) is 0 Å². The number of halogens is 6. The highest BCUT2D eigenvalue weighted by atomic mass is 35.5. The van der Waals surface area contributed by atoms with Gasteiger partial charge < -0.3 is 9.47 Å². The van der Waals surface area contributed by atoms with Gasteiger partial charge in [-0.1, -0.05) is 11.6 Å². The van der Waals surface area contributed by atoms with Crippen LogP contribution in [0.5, 0.6) is 5.88 Å². The average molecular weight is 307 g/mol. The summed E-state index contributed by atoms with van der Waals surface area (Å²) in [7, 11) is 1.32. The lowest BCUT2D eigenvalue weighted by Gasteiger charge is -2.19. The largest absolute Gasteiger partial charge is 0.471 e. The molecule has 1 heterocycles. The van der Waals surface area contributed by atoms with Gasteiger partial charge in [0.25, 0.3) is 0 Å². The molecule has 4 nitrogen and oxygen atoms in total. The van der Waals surface area contributed by atoms with Gasteiger partial charge in [0.1, 0.15) is 11.8 Å². The Morgan fingerprint density at radius 3 is 2.37 bits per heavy atom. The summed E-state index contributed by atoms with van der Waals surface area (Å²) in [6, 6.07) is 0.924. The predicted molar refractivity (Wildman–Crippen MR) is 54.3 cm³/mol. The molecule has 0 N–H and O–H groups in total. The first-order chi connectivity index (χ1) is 8.65. The number of hydrogen-bond donors (Lipinski definition) is 0. The molecular weight excluding hydrogens is 299 g/mol. The predicted octanol–water partition coefficient (Wildman–Crippen LogP) is 2.85. The Kier molecular flexibility index (Phi) is 4.86. The highest BCUT2D eigenvalue weighted by Crippen LogP contribution is 2.35. The molecule has 0 amide bonds. The van der Waals surface area contributed by atoms with Crippen molar-refractivity contribution in [1.82, 2.24) is 9.97 Å². The van der Waals surface area contributed by atoms with Crippen molar-refractivity contribution in [1.29, 1.82) is 0 Å². The normalized spacial score (nSPS) is 12.6. The van der Waals surface area contributed by atoms with Gasteiger partial charge >= 0.3 is 12.1 Å². The molecule has 0 aliphatic heterocycles. The standard InChI is InChI=1S/C9H8ClF5N2O2/c1-18-3-6-16-5(10)2-7(17-6)19-4-8(11,12)9(13,14)15/h2H,3-4H2,1H3. The summed E-state index contributed by atoms with van der Waals surface area (Å²) < 4.78 is 69.9. The molecule has 108 valence electrons. The lowest BCUT2D eigenvalue weighted by atomic mass is 10.3. The summed E-state index contributed by atoms with van der Waals surface area (Å²) in [5.74, 6) is -5.47. The van der Waals surface area contributed by atoms with Crippen LogP contribution >= 0.6 is 11.6 Å². The van der Waals surface area contributed by atoms with E-state index >= 15 is 0 Å². The minimum Gasteiger partial charge on any atom is -0.471 e. The van der Waals surface area contributed by atoms with Crippen molar-refractivity contribution in [2.24, 2.45) is 0 Å². The fourth-order valence-electron chi connectivity index (χ4n) is 0.956. The van der Waals surface area contributed by atoms with Crippen molar-refractivity contribution in [2.45, 2.75) is 18.7 Å². The van der Waals surface area contributed by atoms with E-state index in [1.807, 2.05) is 0 Å². The topological polar surface area (TPSA) is 44.2 Å². The number of ether oxygens (including phenoxy) is 2. The number of rotatable bonds is 5. The van der Waals surface area contributed by atoms with E-state index in [1.165, 1.54) is 7.11 Å². The van der Waals surface area contributed by atoms with Crippen molar-refractivity contribution in [3.8, 4) is 5.88 Å². The number of alkyl halides is 5. The number of hydrogen-bond acceptors (Lipinski definition) is 4. The third-order valence-corrected chi connectivity index (χ3v) is 2.00. The zero-order chi connectivity index (χ0) is 14.7. The molecule has 0 saturated heterocycles. The SMILES string of the molecule is COCc1nc(Cl)cc(OCC(F)(F)C(F)(F)F)n1. The summed E-state index contributed by atoms with van der Waals surface area (Å²) in [4.78, 5) is 7.22. The lowest BCUT2D eigenvalue weighted by Crippen LogP contribution is -2.41. The molecule has 1 rings (SSSR count). The molecule has 0 saturated carbocycles. The van der Waals surface area contributed by atoms with Gasteiger partial charge in [0.05, 0.1) is 0 Å². The molecule has 0 atom stereocenters. The molecule has 1 aromatic heterocycles. The first kappa shape index (κ1) is 15.8. The van der Waals surface area contributed by atoms with Gasteiger partial charge in [0.2, 0.25) is 5.88 Å². The highest BCUT2D eigenvalue weighted by molar-refractivity contribution is 6.29. The maximum absolute atomic E-state index is 12.6. The maximum atomic E-state index is 12.6. The molecule has 0 radical (unpaired) electrons. The van der Waals surface area contributed by atoms with Gasteiger partial charge in [-0.2, -0.15) is 26.9 Å². The van der Waals surface area contributed by atoms with E-state index in [2.05, 4.69) is 19.4 Å². The summed E-state index contributed by atoms with van der Waals surface area (Å²) in [5, 5.41) is -0.160. The van der Waals surface area contributed by atoms with E-state index in [-0.39, 0.29) is 17.6 Å². The van der Waals surface area contributed by atoms with Crippen LogP contribution in [0.3, 0.4) is 0 Å². The zero-order valence-electron chi connectivity index (χ0n) is 9.47. The van der Waals surface area contributed by atoms with Crippen LogP contribution in [0.4, 0.5) is 22.0 Å². The molecule has 0 fully saturated rings. The van der Waals surface area contributed by atoms with E-state index in [4.69, 9.17) is 11.6 Å². The van der Waals surface area contributed by atoms with Crippen LogP contribution in [0.2, 0.25) is 5.15 Å². The molecule has 0 unspecified atom stereocenters. The van der Waals surface area contributed by atoms with Crippen molar-refractivity contribution < 1.29 is 31.4 Å². The van der Waals surface area contributed by atoms with Crippen molar-refractivity contribution in [2.75, 3.05) is 13.7 Å². The smallest absolute Gasteiger partial charge is 0.456 e. The molecule has 0 bridgehead atoms. The molecule has 0 aliphatic carbocycles. The van der Waals surface area contributed by atoms with E-state index in [0.717, 1.165) is 6.07 Å². The molecule has 0 spiro atoms. The van der Waals surface area contributed by atoms with Gasteiger partial charge in [0.15, 0.2) is 12.4 Å². The fraction of sp³-hybridized carbons (Fsp3) is 0.556. The minimum absolute atomic E-state index is 0.000301. The highest BCUT2D eigenvalue weighted by Gasteiger charge is 2.58. The van der Waals surface area contributed by atoms with E-state index in [0.29, 0.717) is 0 Å². The number of aromatic nitrogens is 2. The second kappa shape index (κ2) is 5.83. The summed E-state index contributed by atoms with van der Waals surface area (Å²) in [6.07, 6.45) is -5.70. The van der Waals surface area contributed by atoms with Gasteiger partial charge in [0, 0.05) is 13.2 Å². The zero-order valence-corrected chi connectivity index (χ0v) is 10.2. The van der Waals surface area contributed by atoms with Crippen molar-refractivity contribution in [3.05, 3.63) is 17.0 Å². The molecular formula is C9H8ClF5N2O2. The Morgan fingerprint density at radius 1 is 1.21 bits per heavy atom. The van der Waals surface area contributed by atoms with E-state index in [9.17, 15) is 22.0 Å². The lowest BCUT2D eigenvalue weighted by molar-refractivity contribution is -0.290. The minimum atomic E-state index is -5.70. The Hall–Kier alpha value is -1.22. The third kappa shape index (κ3) is 4.43. The first-order valence-electron chi connectivity index (χ1n) is 4.75. The van der Waals surface area contributed by atoms with Gasteiger partial charge in [-0.05, 0) is 0 Å². The van der Waals surface area contributed by atoms with Gasteiger partial charge in [-0.25, -0.2) is 4.98 Å². The maximum Gasteiger partial charge on any atom is 0.456 e. The Morgan fingerprint density at radius 2 is 1.84 bits per heavy atom. The van der Waals surface area contributed by atoms with Crippen molar-refractivity contribution in [3.63, 3.8) is 0 Å². The van der Waals surface area contributed by atoms with Crippen LogP contribution < -0.4 is 4.74 Å². The number of methoxy groups -OCH3 is 1. The summed E-state index contributed by atoms with van der Waals surface area (Å²) in [5.41, 5.74) is 0. The third-order valence-electron chi connectivity index (χ3n) is 1.81.